The van der Waals surface area contributed by atoms with Crippen LogP contribution in [-0.2, 0) is 0 Å². The predicted octanol–water partition coefficient (Wildman–Crippen LogP) is 3.59. The zero-order valence-corrected chi connectivity index (χ0v) is 16.7. The molecule has 2 aliphatic heterocycles. The first-order chi connectivity index (χ1) is 13.0. The number of hydrogen-bond acceptors (Lipinski definition) is 6. The molecule has 4 rings (SSSR count). The molecule has 144 valence electrons. The minimum atomic E-state index is -0.965. The van der Waals surface area contributed by atoms with E-state index >= 15 is 0 Å². The van der Waals surface area contributed by atoms with Crippen molar-refractivity contribution < 1.29 is 38.7 Å². The number of ether oxygens (including phenoxy) is 4. The van der Waals surface area contributed by atoms with Crippen molar-refractivity contribution >= 4 is 34.5 Å². The number of alkyl halides is 1. The van der Waals surface area contributed by atoms with Crippen molar-refractivity contribution in [2.75, 3.05) is 18.5 Å². The summed E-state index contributed by atoms with van der Waals surface area (Å²) in [7, 11) is 0. The quantitative estimate of drug-likeness (QED) is 0.488. The fraction of sp³-hybridized carbons (Fsp3) is 0.222. The van der Waals surface area contributed by atoms with Crippen molar-refractivity contribution in [2.45, 2.75) is 6.92 Å². The summed E-state index contributed by atoms with van der Waals surface area (Å²) in [5, 5.41) is 17.4. The van der Waals surface area contributed by atoms with Gasteiger partial charge in [-0.1, -0.05) is 22.6 Å². The first-order valence-electron chi connectivity index (χ1n) is 7.60. The van der Waals surface area contributed by atoms with Crippen LogP contribution in [0, 0.1) is 6.92 Å². The van der Waals surface area contributed by atoms with E-state index in [2.05, 4.69) is 22.6 Å². The molecule has 2 aromatic carbocycles. The van der Waals surface area contributed by atoms with Crippen LogP contribution in [0.2, 0.25) is 0 Å². The molecule has 0 atom stereocenters. The van der Waals surface area contributed by atoms with E-state index in [1.54, 1.807) is 19.1 Å². The van der Waals surface area contributed by atoms with E-state index in [0.717, 1.165) is 0 Å². The minimum absolute atomic E-state index is 0.165. The largest absolute Gasteiger partial charge is 0.478 e. The molecule has 0 bridgehead atoms. The zero-order chi connectivity index (χ0) is 20.0. The van der Waals surface area contributed by atoms with Gasteiger partial charge in [0.15, 0.2) is 23.0 Å². The van der Waals surface area contributed by atoms with Crippen LogP contribution in [0.4, 0.5) is 0 Å². The monoisotopic (exact) mass is 488 g/mol. The Morgan fingerprint density at radius 2 is 1.44 bits per heavy atom. The molecule has 2 heterocycles. The number of rotatable bonds is 2. The number of aromatic carboxylic acids is 2. The second-order valence-electron chi connectivity index (χ2n) is 5.15. The standard InChI is InChI=1S/C9H8O4.C8H6O4.CH3I/c1-5-6(9(10)11)2-3-7-8(5)13-4-12-7;9-8(10)5-1-2-6-7(3-5)12-4-11-6;1-2/h2-3H,4H2,1H3,(H,10,11);1-3H,4H2,(H,9,10);1H3. The van der Waals surface area contributed by atoms with Crippen LogP contribution in [-0.4, -0.2) is 40.7 Å². The highest BCUT2D eigenvalue weighted by Crippen LogP contribution is 2.36. The van der Waals surface area contributed by atoms with Crippen LogP contribution in [0.3, 0.4) is 0 Å². The Morgan fingerprint density at radius 1 is 0.852 bits per heavy atom. The average molecular weight is 488 g/mol. The summed E-state index contributed by atoms with van der Waals surface area (Å²) in [6, 6.07) is 7.65. The molecule has 8 nitrogen and oxygen atoms in total. The molecule has 2 aromatic rings. The number of halogens is 1. The second-order valence-corrected chi connectivity index (χ2v) is 5.15. The summed E-state index contributed by atoms with van der Waals surface area (Å²) in [6.07, 6.45) is 0. The van der Waals surface area contributed by atoms with Gasteiger partial charge in [-0.25, -0.2) is 9.59 Å². The van der Waals surface area contributed by atoms with Crippen molar-refractivity contribution in [3.05, 3.63) is 47.0 Å². The summed E-state index contributed by atoms with van der Waals surface area (Å²) in [5.74, 6) is 0.335. The van der Waals surface area contributed by atoms with Crippen molar-refractivity contribution in [3.63, 3.8) is 0 Å². The highest BCUT2D eigenvalue weighted by Gasteiger charge is 2.20. The first kappa shape index (κ1) is 20.6. The maximum absolute atomic E-state index is 10.7. The highest BCUT2D eigenvalue weighted by molar-refractivity contribution is 14.1. The van der Waals surface area contributed by atoms with Gasteiger partial charge in [0, 0.05) is 5.56 Å². The number of carbonyl (C=O) groups is 2. The Balaban J connectivity index is 0.000000178. The van der Waals surface area contributed by atoms with Crippen LogP contribution >= 0.6 is 22.6 Å². The Bertz CT molecular complexity index is 849. The third kappa shape index (κ3) is 4.73. The molecule has 0 spiro atoms. The summed E-state index contributed by atoms with van der Waals surface area (Å²) >= 11 is 2.15. The Hall–Kier alpha value is -2.69. The lowest BCUT2D eigenvalue weighted by Crippen LogP contribution is -2.00. The molecule has 0 fully saturated rings. The molecule has 0 amide bonds. The number of hydrogen-bond donors (Lipinski definition) is 2. The predicted molar refractivity (Wildman–Crippen MR) is 104 cm³/mol. The van der Waals surface area contributed by atoms with Gasteiger partial charge in [0.2, 0.25) is 13.6 Å². The summed E-state index contributed by atoms with van der Waals surface area (Å²) < 4.78 is 20.3. The molecule has 0 saturated heterocycles. The molecule has 0 saturated carbocycles. The first-order valence-corrected chi connectivity index (χ1v) is 9.76. The van der Waals surface area contributed by atoms with Gasteiger partial charge in [-0.15, -0.1) is 0 Å². The molecular formula is C18H17IO8. The second kappa shape index (κ2) is 9.31. The van der Waals surface area contributed by atoms with Crippen molar-refractivity contribution in [1.82, 2.24) is 0 Å². The summed E-state index contributed by atoms with van der Waals surface area (Å²) in [4.78, 5) is 23.2. The maximum atomic E-state index is 10.7. The summed E-state index contributed by atoms with van der Waals surface area (Å²) in [6.45, 7) is 2.04. The lowest BCUT2D eigenvalue weighted by atomic mass is 10.1. The van der Waals surface area contributed by atoms with E-state index < -0.39 is 11.9 Å². The smallest absolute Gasteiger partial charge is 0.336 e. The highest BCUT2D eigenvalue weighted by atomic mass is 127. The van der Waals surface area contributed by atoms with Gasteiger partial charge >= 0.3 is 11.9 Å². The van der Waals surface area contributed by atoms with E-state index in [0.29, 0.717) is 28.6 Å². The van der Waals surface area contributed by atoms with Crippen molar-refractivity contribution in [3.8, 4) is 23.0 Å². The lowest BCUT2D eigenvalue weighted by molar-refractivity contribution is 0.0685. The third-order valence-corrected chi connectivity index (χ3v) is 3.64. The van der Waals surface area contributed by atoms with Gasteiger partial charge in [-0.05, 0) is 42.2 Å². The molecule has 27 heavy (non-hydrogen) atoms. The van der Waals surface area contributed by atoms with Gasteiger partial charge in [-0.3, -0.25) is 0 Å². The average Bonchev–Trinajstić information content (AvgIpc) is 3.32. The fourth-order valence-electron chi connectivity index (χ4n) is 2.37. The zero-order valence-electron chi connectivity index (χ0n) is 14.5. The van der Waals surface area contributed by atoms with Gasteiger partial charge < -0.3 is 29.2 Å². The number of benzene rings is 2. The molecule has 0 aliphatic carbocycles. The molecule has 9 heteroatoms. The van der Waals surface area contributed by atoms with Crippen LogP contribution < -0.4 is 18.9 Å². The number of carboxylic acids is 2. The van der Waals surface area contributed by atoms with Crippen LogP contribution in [0.5, 0.6) is 23.0 Å². The Labute approximate surface area is 168 Å². The SMILES string of the molecule is CI.Cc1c(C(=O)O)ccc2c1OCO2.O=C(O)c1ccc2c(c1)OCO2. The lowest BCUT2D eigenvalue weighted by Gasteiger charge is -2.03. The molecular weight excluding hydrogens is 471 g/mol. The fourth-order valence-corrected chi connectivity index (χ4v) is 2.37. The molecule has 2 aliphatic rings. The Morgan fingerprint density at radius 3 is 2.11 bits per heavy atom. The van der Waals surface area contributed by atoms with Crippen LogP contribution in [0.25, 0.3) is 0 Å². The van der Waals surface area contributed by atoms with Gasteiger partial charge in [-0.2, -0.15) is 0 Å². The topological polar surface area (TPSA) is 112 Å². The van der Waals surface area contributed by atoms with E-state index in [9.17, 15) is 9.59 Å². The number of carboxylic acid groups (broad SMARTS) is 2. The van der Waals surface area contributed by atoms with Gasteiger partial charge in [0.1, 0.15) is 0 Å². The van der Waals surface area contributed by atoms with Crippen LogP contribution in [0.1, 0.15) is 26.3 Å². The van der Waals surface area contributed by atoms with Gasteiger partial charge in [0.25, 0.3) is 0 Å². The molecule has 0 aromatic heterocycles. The van der Waals surface area contributed by atoms with Crippen molar-refractivity contribution in [2.24, 2.45) is 0 Å². The Kier molecular flexibility index (Phi) is 7.11. The van der Waals surface area contributed by atoms with E-state index in [1.807, 2.05) is 4.93 Å². The minimum Gasteiger partial charge on any atom is -0.478 e. The van der Waals surface area contributed by atoms with E-state index in [1.165, 1.54) is 18.2 Å². The maximum Gasteiger partial charge on any atom is 0.336 e. The molecule has 0 radical (unpaired) electrons. The third-order valence-electron chi connectivity index (χ3n) is 3.64. The van der Waals surface area contributed by atoms with Gasteiger partial charge in [0.05, 0.1) is 11.1 Å². The number of fused-ring (bicyclic) bond motifs is 2. The normalized spacial score (nSPS) is 12.3. The molecule has 2 N–H and O–H groups in total. The summed E-state index contributed by atoms with van der Waals surface area (Å²) in [5.41, 5.74) is 1.08. The van der Waals surface area contributed by atoms with Crippen LogP contribution in [0.15, 0.2) is 30.3 Å². The van der Waals surface area contributed by atoms with E-state index in [-0.39, 0.29) is 24.7 Å². The van der Waals surface area contributed by atoms with E-state index in [4.69, 9.17) is 29.2 Å². The van der Waals surface area contributed by atoms with Crippen molar-refractivity contribution in [1.29, 1.82) is 0 Å². The molecule has 0 unspecified atom stereocenters.